The molecule has 0 aliphatic carbocycles. The average Bonchev–Trinajstić information content (AvgIpc) is 3.04. The third-order valence-corrected chi connectivity index (χ3v) is 7.01. The lowest BCUT2D eigenvalue weighted by molar-refractivity contribution is -0.108. The van der Waals surface area contributed by atoms with E-state index < -0.39 is 30.2 Å². The van der Waals surface area contributed by atoms with Gasteiger partial charge in [0.25, 0.3) is 0 Å². The van der Waals surface area contributed by atoms with E-state index in [4.69, 9.17) is 14.2 Å². The van der Waals surface area contributed by atoms with Crippen molar-refractivity contribution in [2.45, 2.75) is 31.3 Å². The fraction of sp³-hybridized carbons (Fsp3) is 0.200. The molecule has 0 aromatic heterocycles. The zero-order valence-electron chi connectivity index (χ0n) is 23.3. The Balaban J connectivity index is 1.40. The molecule has 4 aromatic rings. The Morgan fingerprint density at radius 3 is 1.74 bits per heavy atom. The van der Waals surface area contributed by atoms with Gasteiger partial charge in [-0.25, -0.2) is 20.0 Å². The molecule has 0 amide bonds. The number of carbonyl (C=O) groups is 2. The highest BCUT2D eigenvalue weighted by Crippen LogP contribution is 2.25. The lowest BCUT2D eigenvalue weighted by Gasteiger charge is -2.41. The summed E-state index contributed by atoms with van der Waals surface area (Å²) in [7, 11) is 0. The standard InChI is InChI=1S/C35H34N2O5/c1-26-24-40-31(25-41-34(38)29-18-10-4-11-19-29)33(42-35(39)30-20-12-5-13-21-30)32(26)36-37(22-27-14-6-2-7-15-27)23-28-16-8-3-9-17-28/h2-21,31-33,36H,1,22-25H2/t31-,32+,33+/m1/s1. The van der Waals surface area contributed by atoms with Crippen LogP contribution in [-0.4, -0.2) is 48.4 Å². The number of nitrogens with one attached hydrogen (secondary N) is 1. The Labute approximate surface area is 246 Å². The molecule has 4 aromatic carbocycles. The van der Waals surface area contributed by atoms with Crippen LogP contribution >= 0.6 is 0 Å². The minimum atomic E-state index is -0.823. The molecule has 1 heterocycles. The van der Waals surface area contributed by atoms with Crippen LogP contribution in [0.3, 0.4) is 0 Å². The number of hydrogen-bond acceptors (Lipinski definition) is 7. The van der Waals surface area contributed by atoms with Crippen molar-refractivity contribution in [2.24, 2.45) is 0 Å². The van der Waals surface area contributed by atoms with Crippen LogP contribution in [0.1, 0.15) is 31.8 Å². The first kappa shape index (κ1) is 29.0. The van der Waals surface area contributed by atoms with E-state index >= 15 is 0 Å². The molecule has 42 heavy (non-hydrogen) atoms. The number of ether oxygens (including phenoxy) is 3. The molecule has 0 radical (unpaired) electrons. The summed E-state index contributed by atoms with van der Waals surface area (Å²) in [4.78, 5) is 26.0. The van der Waals surface area contributed by atoms with E-state index in [0.29, 0.717) is 24.2 Å². The van der Waals surface area contributed by atoms with Gasteiger partial charge in [-0.2, -0.15) is 0 Å². The topological polar surface area (TPSA) is 77.1 Å². The van der Waals surface area contributed by atoms with Crippen molar-refractivity contribution in [3.05, 3.63) is 156 Å². The lowest BCUT2D eigenvalue weighted by Crippen LogP contribution is -2.59. The van der Waals surface area contributed by atoms with Crippen LogP contribution in [0.2, 0.25) is 0 Å². The summed E-state index contributed by atoms with van der Waals surface area (Å²) < 4.78 is 17.8. The summed E-state index contributed by atoms with van der Waals surface area (Å²) in [5.41, 5.74) is 7.39. The fourth-order valence-electron chi connectivity index (χ4n) is 4.83. The van der Waals surface area contributed by atoms with Gasteiger partial charge in [0.15, 0.2) is 6.10 Å². The summed E-state index contributed by atoms with van der Waals surface area (Å²) in [6.45, 7) is 5.56. The number of rotatable bonds is 11. The molecule has 214 valence electrons. The van der Waals surface area contributed by atoms with Crippen molar-refractivity contribution < 1.29 is 23.8 Å². The molecule has 1 fully saturated rings. The van der Waals surface area contributed by atoms with E-state index in [-0.39, 0.29) is 13.2 Å². The number of esters is 2. The maximum atomic E-state index is 13.3. The van der Waals surface area contributed by atoms with Crippen LogP contribution in [0.15, 0.2) is 133 Å². The molecule has 7 nitrogen and oxygen atoms in total. The quantitative estimate of drug-likeness (QED) is 0.145. The number of nitrogens with zero attached hydrogens (tertiary/aromatic N) is 1. The van der Waals surface area contributed by atoms with Gasteiger partial charge in [0.2, 0.25) is 0 Å². The van der Waals surface area contributed by atoms with Gasteiger partial charge < -0.3 is 14.2 Å². The maximum Gasteiger partial charge on any atom is 0.338 e. The zero-order chi connectivity index (χ0) is 29.1. The molecule has 0 unspecified atom stereocenters. The first-order valence-electron chi connectivity index (χ1n) is 13.9. The van der Waals surface area contributed by atoms with E-state index in [0.717, 1.165) is 16.7 Å². The van der Waals surface area contributed by atoms with E-state index in [1.165, 1.54) is 0 Å². The number of hydrogen-bond donors (Lipinski definition) is 1. The van der Waals surface area contributed by atoms with E-state index in [2.05, 4.69) is 41.3 Å². The van der Waals surface area contributed by atoms with Crippen molar-refractivity contribution >= 4 is 11.9 Å². The second-order valence-corrected chi connectivity index (χ2v) is 10.1. The van der Waals surface area contributed by atoms with Gasteiger partial charge in [-0.05, 0) is 41.0 Å². The molecular weight excluding hydrogens is 528 g/mol. The molecule has 1 saturated heterocycles. The Morgan fingerprint density at radius 1 is 0.738 bits per heavy atom. The van der Waals surface area contributed by atoms with E-state index in [9.17, 15) is 9.59 Å². The van der Waals surface area contributed by atoms with Gasteiger partial charge in [0, 0.05) is 13.1 Å². The van der Waals surface area contributed by atoms with Gasteiger partial charge in [-0.1, -0.05) is 104 Å². The zero-order valence-corrected chi connectivity index (χ0v) is 23.3. The largest absolute Gasteiger partial charge is 0.459 e. The van der Waals surface area contributed by atoms with E-state index in [1.807, 2.05) is 48.5 Å². The van der Waals surface area contributed by atoms with Gasteiger partial charge in [0.05, 0.1) is 23.8 Å². The molecule has 0 bridgehead atoms. The van der Waals surface area contributed by atoms with Crippen molar-refractivity contribution in [1.29, 1.82) is 0 Å². The highest BCUT2D eigenvalue weighted by molar-refractivity contribution is 5.90. The molecular formula is C35H34N2O5. The van der Waals surface area contributed by atoms with Gasteiger partial charge in [0.1, 0.15) is 12.7 Å². The second-order valence-electron chi connectivity index (χ2n) is 10.1. The number of hydrazine groups is 1. The normalized spacial score (nSPS) is 18.4. The molecule has 0 saturated carbocycles. The fourth-order valence-corrected chi connectivity index (χ4v) is 4.83. The molecule has 1 aliphatic heterocycles. The Morgan fingerprint density at radius 2 is 1.21 bits per heavy atom. The lowest BCUT2D eigenvalue weighted by atomic mass is 9.96. The minimum Gasteiger partial charge on any atom is -0.459 e. The first-order chi connectivity index (χ1) is 20.6. The second kappa shape index (κ2) is 14.4. The minimum absolute atomic E-state index is 0.0940. The predicted octanol–water partition coefficient (Wildman–Crippen LogP) is 5.60. The van der Waals surface area contributed by atoms with Crippen LogP contribution in [0.25, 0.3) is 0 Å². The molecule has 1 aliphatic rings. The molecule has 3 atom stereocenters. The predicted molar refractivity (Wildman–Crippen MR) is 160 cm³/mol. The summed E-state index contributed by atoms with van der Waals surface area (Å²) >= 11 is 0. The molecule has 1 N–H and O–H groups in total. The van der Waals surface area contributed by atoms with Crippen molar-refractivity contribution in [3.8, 4) is 0 Å². The van der Waals surface area contributed by atoms with Crippen molar-refractivity contribution in [3.63, 3.8) is 0 Å². The Bertz CT molecular complexity index is 1410. The Kier molecular flexibility index (Phi) is 9.90. The smallest absolute Gasteiger partial charge is 0.338 e. The number of benzene rings is 4. The highest BCUT2D eigenvalue weighted by Gasteiger charge is 2.41. The maximum absolute atomic E-state index is 13.3. The summed E-state index contributed by atoms with van der Waals surface area (Å²) in [5, 5.41) is 2.09. The first-order valence-corrected chi connectivity index (χ1v) is 13.9. The van der Waals surface area contributed by atoms with Crippen molar-refractivity contribution in [2.75, 3.05) is 13.2 Å². The molecule has 5 rings (SSSR count). The van der Waals surface area contributed by atoms with E-state index in [1.54, 1.807) is 48.5 Å². The highest BCUT2D eigenvalue weighted by atomic mass is 16.6. The van der Waals surface area contributed by atoms with Gasteiger partial charge in [-0.3, -0.25) is 0 Å². The summed E-state index contributed by atoms with van der Waals surface area (Å²) in [5.74, 6) is -0.973. The van der Waals surface area contributed by atoms with Crippen LogP contribution in [0.5, 0.6) is 0 Å². The average molecular weight is 563 g/mol. The third kappa shape index (κ3) is 7.79. The molecule has 7 heteroatoms. The van der Waals surface area contributed by atoms with Crippen LogP contribution < -0.4 is 5.43 Å². The molecule has 0 spiro atoms. The van der Waals surface area contributed by atoms with Crippen LogP contribution in [-0.2, 0) is 27.3 Å². The third-order valence-electron chi connectivity index (χ3n) is 7.01. The van der Waals surface area contributed by atoms with Gasteiger partial charge in [-0.15, -0.1) is 0 Å². The summed E-state index contributed by atoms with van der Waals surface area (Å²) in [6.07, 6.45) is -1.54. The Hall–Kier alpha value is -4.56. The number of carbonyl (C=O) groups excluding carboxylic acids is 2. The monoisotopic (exact) mass is 562 g/mol. The van der Waals surface area contributed by atoms with Crippen LogP contribution in [0, 0.1) is 0 Å². The van der Waals surface area contributed by atoms with Crippen molar-refractivity contribution in [1.82, 2.24) is 10.4 Å². The van der Waals surface area contributed by atoms with Crippen LogP contribution in [0.4, 0.5) is 0 Å². The summed E-state index contributed by atoms with van der Waals surface area (Å²) in [6, 6.07) is 37.3. The SMILES string of the molecule is C=C1CO[C@H](COC(=O)c2ccccc2)[C@H](OC(=O)c2ccccc2)[C@H]1NN(Cc1ccccc1)Cc1ccccc1. The van der Waals surface area contributed by atoms with Gasteiger partial charge >= 0.3 is 11.9 Å².